The SMILES string of the molecule is CCCCCCCCCCCC(=O)Oc1ccc2oc(=O)sc2c1. The molecule has 0 amide bonds. The van der Waals surface area contributed by atoms with Crippen molar-refractivity contribution in [1.29, 1.82) is 0 Å². The molecule has 5 heteroatoms. The van der Waals surface area contributed by atoms with E-state index in [1.54, 1.807) is 18.2 Å². The molecule has 2 aromatic rings. The van der Waals surface area contributed by atoms with Gasteiger partial charge in [0.05, 0.1) is 4.70 Å². The Labute approximate surface area is 146 Å². The van der Waals surface area contributed by atoms with Crippen LogP contribution in [-0.2, 0) is 4.79 Å². The van der Waals surface area contributed by atoms with Crippen molar-refractivity contribution in [2.45, 2.75) is 71.1 Å². The van der Waals surface area contributed by atoms with E-state index < -0.39 is 0 Å². The highest BCUT2D eigenvalue weighted by molar-refractivity contribution is 7.16. The Kier molecular flexibility index (Phi) is 8.02. The van der Waals surface area contributed by atoms with E-state index in [9.17, 15) is 9.59 Å². The summed E-state index contributed by atoms with van der Waals surface area (Å²) in [4.78, 5) is 22.7. The quantitative estimate of drug-likeness (QED) is 0.297. The van der Waals surface area contributed by atoms with Crippen LogP contribution in [0.5, 0.6) is 5.75 Å². The summed E-state index contributed by atoms with van der Waals surface area (Å²) in [6.45, 7) is 2.23. The number of carbonyl (C=O) groups excluding carboxylic acids is 1. The molecule has 0 saturated heterocycles. The van der Waals surface area contributed by atoms with Crippen LogP contribution >= 0.6 is 11.3 Å². The summed E-state index contributed by atoms with van der Waals surface area (Å²) in [5.74, 6) is 0.258. The highest BCUT2D eigenvalue weighted by Crippen LogP contribution is 2.23. The minimum absolute atomic E-state index is 0.215. The molecule has 0 atom stereocenters. The van der Waals surface area contributed by atoms with Crippen molar-refractivity contribution in [3.8, 4) is 5.75 Å². The normalized spacial score (nSPS) is 11.0. The van der Waals surface area contributed by atoms with Gasteiger partial charge in [-0.3, -0.25) is 4.79 Å². The summed E-state index contributed by atoms with van der Waals surface area (Å²) in [5.41, 5.74) is 0.531. The highest BCUT2D eigenvalue weighted by atomic mass is 32.1. The third-order valence-corrected chi connectivity index (χ3v) is 4.81. The Morgan fingerprint density at radius 3 is 2.42 bits per heavy atom. The molecule has 0 spiro atoms. The average molecular weight is 350 g/mol. The molecule has 0 radical (unpaired) electrons. The third-order valence-electron chi connectivity index (χ3n) is 4.02. The van der Waals surface area contributed by atoms with Gasteiger partial charge in [-0.15, -0.1) is 0 Å². The maximum absolute atomic E-state index is 11.9. The first kappa shape index (κ1) is 18.7. The molecule has 1 aromatic carbocycles. The van der Waals surface area contributed by atoms with Crippen molar-refractivity contribution in [1.82, 2.24) is 0 Å². The number of esters is 1. The molecule has 0 unspecified atom stereocenters. The molecule has 132 valence electrons. The minimum Gasteiger partial charge on any atom is -0.426 e. The van der Waals surface area contributed by atoms with Gasteiger partial charge in [-0.2, -0.15) is 0 Å². The molecule has 0 fully saturated rings. The molecule has 1 aromatic heterocycles. The monoisotopic (exact) mass is 350 g/mol. The third kappa shape index (κ3) is 6.48. The molecule has 2 rings (SSSR count). The van der Waals surface area contributed by atoms with E-state index in [0.717, 1.165) is 24.2 Å². The summed E-state index contributed by atoms with van der Waals surface area (Å²) >= 11 is 1.01. The predicted octanol–water partition coefficient (Wildman–Crippen LogP) is 5.68. The lowest BCUT2D eigenvalue weighted by Gasteiger charge is -2.04. The first-order valence-corrected chi connectivity index (χ1v) is 9.75. The second kappa shape index (κ2) is 10.3. The Balaban J connectivity index is 1.60. The van der Waals surface area contributed by atoms with E-state index >= 15 is 0 Å². The summed E-state index contributed by atoms with van der Waals surface area (Å²) in [6, 6.07) is 5.00. The second-order valence-electron chi connectivity index (χ2n) is 6.12. The Morgan fingerprint density at radius 1 is 1.04 bits per heavy atom. The number of hydrogen-bond acceptors (Lipinski definition) is 5. The largest absolute Gasteiger partial charge is 0.426 e. The Bertz CT molecular complexity index is 686. The van der Waals surface area contributed by atoms with Gasteiger partial charge < -0.3 is 9.15 Å². The van der Waals surface area contributed by atoms with E-state index in [2.05, 4.69) is 6.92 Å². The summed E-state index contributed by atoms with van der Waals surface area (Å²) in [5, 5.41) is 0. The van der Waals surface area contributed by atoms with Gasteiger partial charge in [-0.25, -0.2) is 4.79 Å². The fourth-order valence-corrected chi connectivity index (χ4v) is 3.38. The van der Waals surface area contributed by atoms with Gasteiger partial charge in [-0.05, 0) is 18.6 Å². The first-order chi connectivity index (χ1) is 11.7. The molecular weight excluding hydrogens is 324 g/mol. The predicted molar refractivity (Wildman–Crippen MR) is 97.8 cm³/mol. The number of benzene rings is 1. The van der Waals surface area contributed by atoms with Crippen molar-refractivity contribution in [3.63, 3.8) is 0 Å². The summed E-state index contributed by atoms with van der Waals surface area (Å²) in [6.07, 6.45) is 11.4. The van der Waals surface area contributed by atoms with Crippen LogP contribution in [0.2, 0.25) is 0 Å². The molecule has 0 saturated carbocycles. The van der Waals surface area contributed by atoms with Gasteiger partial charge >= 0.3 is 10.9 Å². The smallest absolute Gasteiger partial charge is 0.396 e. The van der Waals surface area contributed by atoms with Crippen LogP contribution in [0.15, 0.2) is 27.4 Å². The van der Waals surface area contributed by atoms with Crippen molar-refractivity contribution in [3.05, 3.63) is 27.9 Å². The fraction of sp³-hybridized carbons (Fsp3) is 0.579. The van der Waals surface area contributed by atoms with Crippen LogP contribution in [0.4, 0.5) is 0 Å². The van der Waals surface area contributed by atoms with Crippen LogP contribution in [0.25, 0.3) is 10.3 Å². The fourth-order valence-electron chi connectivity index (χ4n) is 2.68. The number of ether oxygens (including phenoxy) is 1. The number of hydrogen-bond donors (Lipinski definition) is 0. The average Bonchev–Trinajstić information content (AvgIpc) is 2.92. The Hall–Kier alpha value is -1.62. The second-order valence-corrected chi connectivity index (χ2v) is 7.09. The zero-order valence-corrected chi connectivity index (χ0v) is 15.2. The summed E-state index contributed by atoms with van der Waals surface area (Å²) < 4.78 is 11.0. The van der Waals surface area contributed by atoms with E-state index in [0.29, 0.717) is 22.5 Å². The van der Waals surface area contributed by atoms with Crippen LogP contribution < -0.4 is 9.68 Å². The molecule has 0 aliphatic heterocycles. The molecule has 24 heavy (non-hydrogen) atoms. The van der Waals surface area contributed by atoms with Crippen molar-refractivity contribution < 1.29 is 13.9 Å². The van der Waals surface area contributed by atoms with Gasteiger partial charge in [0, 0.05) is 12.5 Å². The van der Waals surface area contributed by atoms with E-state index in [-0.39, 0.29) is 10.9 Å². The van der Waals surface area contributed by atoms with Gasteiger partial charge in [0.15, 0.2) is 0 Å². The number of fused-ring (bicyclic) bond motifs is 1. The molecular formula is C19H26O4S. The lowest BCUT2D eigenvalue weighted by atomic mass is 10.1. The van der Waals surface area contributed by atoms with Crippen LogP contribution in [-0.4, -0.2) is 5.97 Å². The maximum atomic E-state index is 11.9. The number of unbranched alkanes of at least 4 members (excludes halogenated alkanes) is 8. The van der Waals surface area contributed by atoms with Gasteiger partial charge in [-0.1, -0.05) is 69.6 Å². The summed E-state index contributed by atoms with van der Waals surface area (Å²) in [7, 11) is 0. The molecule has 0 bridgehead atoms. The van der Waals surface area contributed by atoms with E-state index in [4.69, 9.17) is 9.15 Å². The number of carbonyl (C=O) groups is 1. The number of rotatable bonds is 11. The van der Waals surface area contributed by atoms with Crippen molar-refractivity contribution in [2.24, 2.45) is 0 Å². The van der Waals surface area contributed by atoms with Gasteiger partial charge in [0.2, 0.25) is 0 Å². The topological polar surface area (TPSA) is 56.5 Å². The maximum Gasteiger partial charge on any atom is 0.396 e. The van der Waals surface area contributed by atoms with E-state index in [1.807, 2.05) is 0 Å². The van der Waals surface area contributed by atoms with Crippen LogP contribution in [0.1, 0.15) is 71.1 Å². The molecule has 0 aliphatic carbocycles. The highest BCUT2D eigenvalue weighted by Gasteiger charge is 2.08. The van der Waals surface area contributed by atoms with Crippen LogP contribution in [0.3, 0.4) is 0 Å². The standard InChI is InChI=1S/C19H26O4S/c1-2-3-4-5-6-7-8-9-10-11-18(20)22-15-12-13-16-17(14-15)24-19(21)23-16/h12-14H,2-11H2,1H3. The van der Waals surface area contributed by atoms with Gasteiger partial charge in [0.1, 0.15) is 11.3 Å². The van der Waals surface area contributed by atoms with Crippen LogP contribution in [0, 0.1) is 0 Å². The zero-order valence-electron chi connectivity index (χ0n) is 14.3. The molecule has 4 nitrogen and oxygen atoms in total. The first-order valence-electron chi connectivity index (χ1n) is 8.93. The molecule has 0 N–H and O–H groups in total. The lowest BCUT2D eigenvalue weighted by Crippen LogP contribution is -2.07. The Morgan fingerprint density at radius 2 is 1.71 bits per heavy atom. The molecule has 1 heterocycles. The van der Waals surface area contributed by atoms with Crippen molar-refractivity contribution in [2.75, 3.05) is 0 Å². The molecule has 0 aliphatic rings. The zero-order chi connectivity index (χ0) is 17.2. The minimum atomic E-state index is -0.344. The van der Waals surface area contributed by atoms with Crippen molar-refractivity contribution >= 4 is 27.6 Å². The van der Waals surface area contributed by atoms with Gasteiger partial charge in [0.25, 0.3) is 0 Å². The van der Waals surface area contributed by atoms with E-state index in [1.165, 1.54) is 44.9 Å². The lowest BCUT2D eigenvalue weighted by molar-refractivity contribution is -0.134.